The molecule has 0 N–H and O–H groups in total. The molecule has 2 aromatic rings. The van der Waals surface area contributed by atoms with E-state index in [9.17, 15) is 0 Å². The fraction of sp³-hybridized carbons (Fsp3) is 0.278. The lowest BCUT2D eigenvalue weighted by Gasteiger charge is -2.04. The fourth-order valence-electron chi connectivity index (χ4n) is 3.21. The quantitative estimate of drug-likeness (QED) is 0.581. The first-order chi connectivity index (χ1) is 10.4. The van der Waals surface area contributed by atoms with E-state index in [4.69, 9.17) is 28.5 Å². The standard InChI is InChI=1S/C18H14BrCl2N/c1-18(21)16(12-4-2-11(3-5-12)6-7-22)17(18)13-8-14(19)10-15(20)9-13/h2-5,8-10,16-17H,6H2,1H3. The predicted molar refractivity (Wildman–Crippen MR) is 94.7 cm³/mol. The van der Waals surface area contributed by atoms with Crippen LogP contribution in [-0.2, 0) is 6.42 Å². The van der Waals surface area contributed by atoms with Gasteiger partial charge in [-0.2, -0.15) is 5.26 Å². The number of benzene rings is 2. The van der Waals surface area contributed by atoms with E-state index >= 15 is 0 Å². The highest BCUT2D eigenvalue weighted by molar-refractivity contribution is 9.10. The summed E-state index contributed by atoms with van der Waals surface area (Å²) in [5, 5.41) is 9.46. The summed E-state index contributed by atoms with van der Waals surface area (Å²) < 4.78 is 0.970. The molecule has 0 heterocycles. The highest BCUT2D eigenvalue weighted by atomic mass is 79.9. The Morgan fingerprint density at radius 1 is 1.14 bits per heavy atom. The van der Waals surface area contributed by atoms with Crippen molar-refractivity contribution in [2.75, 3.05) is 0 Å². The SMILES string of the molecule is CC1(Cl)C(c2ccc(CC#N)cc2)C1c1cc(Cl)cc(Br)c1. The predicted octanol–water partition coefficient (Wildman–Crippen LogP) is 6.05. The van der Waals surface area contributed by atoms with Crippen LogP contribution in [-0.4, -0.2) is 4.87 Å². The Balaban J connectivity index is 1.90. The van der Waals surface area contributed by atoms with Crippen LogP contribution in [0.3, 0.4) is 0 Å². The summed E-state index contributed by atoms with van der Waals surface area (Å²) in [5.74, 6) is 0.502. The number of halogens is 3. The van der Waals surface area contributed by atoms with Gasteiger partial charge in [0.15, 0.2) is 0 Å². The first-order valence-electron chi connectivity index (χ1n) is 7.04. The van der Waals surface area contributed by atoms with Crippen molar-refractivity contribution in [3.63, 3.8) is 0 Å². The topological polar surface area (TPSA) is 23.8 Å². The summed E-state index contributed by atoms with van der Waals surface area (Å²) in [6.07, 6.45) is 0.438. The van der Waals surface area contributed by atoms with E-state index in [2.05, 4.69) is 47.1 Å². The van der Waals surface area contributed by atoms with Gasteiger partial charge in [-0.25, -0.2) is 0 Å². The number of hydrogen-bond donors (Lipinski definition) is 0. The molecule has 0 aliphatic heterocycles. The Kier molecular flexibility index (Phi) is 4.25. The Morgan fingerprint density at radius 3 is 2.36 bits per heavy atom. The maximum atomic E-state index is 8.75. The first-order valence-corrected chi connectivity index (χ1v) is 8.59. The van der Waals surface area contributed by atoms with Gasteiger partial charge in [0.25, 0.3) is 0 Å². The Hall–Kier alpha value is -1.01. The van der Waals surface area contributed by atoms with Gasteiger partial charge in [-0.05, 0) is 41.8 Å². The van der Waals surface area contributed by atoms with Gasteiger partial charge in [0, 0.05) is 21.3 Å². The van der Waals surface area contributed by atoms with Crippen LogP contribution in [0.15, 0.2) is 46.9 Å². The zero-order chi connectivity index (χ0) is 15.9. The highest BCUT2D eigenvalue weighted by Crippen LogP contribution is 2.67. The summed E-state index contributed by atoms with van der Waals surface area (Å²) in [7, 11) is 0. The molecule has 4 heteroatoms. The molecule has 22 heavy (non-hydrogen) atoms. The molecular formula is C18H14BrCl2N. The van der Waals surface area contributed by atoms with Gasteiger partial charge >= 0.3 is 0 Å². The molecule has 0 saturated heterocycles. The Morgan fingerprint density at radius 2 is 1.77 bits per heavy atom. The van der Waals surface area contributed by atoms with E-state index in [0.29, 0.717) is 11.4 Å². The third kappa shape index (κ3) is 2.91. The highest BCUT2D eigenvalue weighted by Gasteiger charge is 2.61. The van der Waals surface area contributed by atoms with Crippen LogP contribution in [0.1, 0.15) is 35.4 Å². The van der Waals surface area contributed by atoms with Crippen LogP contribution in [0.5, 0.6) is 0 Å². The largest absolute Gasteiger partial charge is 0.198 e. The van der Waals surface area contributed by atoms with Gasteiger partial charge in [-0.15, -0.1) is 11.6 Å². The molecule has 1 aliphatic carbocycles. The van der Waals surface area contributed by atoms with Crippen LogP contribution in [0.4, 0.5) is 0 Å². The van der Waals surface area contributed by atoms with Gasteiger partial charge in [0.05, 0.1) is 17.4 Å². The van der Waals surface area contributed by atoms with Gasteiger partial charge in [0.2, 0.25) is 0 Å². The summed E-state index contributed by atoms with van der Waals surface area (Å²) in [4.78, 5) is -0.305. The molecule has 112 valence electrons. The van der Waals surface area contributed by atoms with Gasteiger partial charge < -0.3 is 0 Å². The molecule has 2 aromatic carbocycles. The van der Waals surface area contributed by atoms with Crippen LogP contribution in [0.25, 0.3) is 0 Å². The molecular weight excluding hydrogens is 381 g/mol. The lowest BCUT2D eigenvalue weighted by atomic mass is 10.0. The fourth-order valence-corrected chi connectivity index (χ4v) is 4.54. The van der Waals surface area contributed by atoms with E-state index in [1.807, 2.05) is 24.3 Å². The second kappa shape index (κ2) is 5.89. The molecule has 0 amide bonds. The van der Waals surface area contributed by atoms with E-state index < -0.39 is 0 Å². The molecule has 1 fully saturated rings. The summed E-state index contributed by atoms with van der Waals surface area (Å²) in [6.45, 7) is 2.07. The van der Waals surface area contributed by atoms with Crippen molar-refractivity contribution in [1.29, 1.82) is 5.26 Å². The van der Waals surface area contributed by atoms with E-state index in [0.717, 1.165) is 15.6 Å². The van der Waals surface area contributed by atoms with Crippen molar-refractivity contribution >= 4 is 39.1 Å². The van der Waals surface area contributed by atoms with Crippen molar-refractivity contribution in [1.82, 2.24) is 0 Å². The van der Waals surface area contributed by atoms with E-state index in [1.165, 1.54) is 5.56 Å². The normalized spacial score (nSPS) is 26.5. The maximum Gasteiger partial charge on any atom is 0.0669 e. The second-order valence-electron chi connectivity index (χ2n) is 5.89. The lowest BCUT2D eigenvalue weighted by molar-refractivity contribution is 0.942. The van der Waals surface area contributed by atoms with Gasteiger partial charge in [-0.1, -0.05) is 51.8 Å². The molecule has 1 saturated carbocycles. The smallest absolute Gasteiger partial charge is 0.0669 e. The van der Waals surface area contributed by atoms with E-state index in [-0.39, 0.29) is 16.7 Å². The first kappa shape index (κ1) is 15.9. The minimum absolute atomic E-state index is 0.242. The Bertz CT molecular complexity index is 726. The minimum atomic E-state index is -0.305. The minimum Gasteiger partial charge on any atom is -0.198 e. The molecule has 0 bridgehead atoms. The van der Waals surface area contributed by atoms with Crippen molar-refractivity contribution < 1.29 is 0 Å². The number of nitriles is 1. The van der Waals surface area contributed by atoms with Crippen molar-refractivity contribution in [3.8, 4) is 6.07 Å². The molecule has 0 radical (unpaired) electrons. The van der Waals surface area contributed by atoms with Crippen molar-refractivity contribution in [2.45, 2.75) is 30.1 Å². The summed E-state index contributed by atoms with van der Waals surface area (Å²) in [6, 6.07) is 16.3. The zero-order valence-electron chi connectivity index (χ0n) is 12.0. The van der Waals surface area contributed by atoms with Gasteiger partial charge in [0.1, 0.15) is 0 Å². The number of nitrogens with zero attached hydrogens (tertiary/aromatic N) is 1. The number of hydrogen-bond acceptors (Lipinski definition) is 1. The van der Waals surface area contributed by atoms with Crippen molar-refractivity contribution in [3.05, 3.63) is 68.7 Å². The monoisotopic (exact) mass is 393 g/mol. The van der Waals surface area contributed by atoms with Crippen LogP contribution >= 0.6 is 39.1 Å². The molecule has 3 unspecified atom stereocenters. The van der Waals surface area contributed by atoms with Gasteiger partial charge in [-0.3, -0.25) is 0 Å². The Labute approximate surface area is 149 Å². The average molecular weight is 395 g/mol. The van der Waals surface area contributed by atoms with Crippen LogP contribution < -0.4 is 0 Å². The number of rotatable bonds is 3. The second-order valence-corrected chi connectivity index (χ2v) is 8.05. The lowest BCUT2D eigenvalue weighted by Crippen LogP contribution is -1.95. The molecule has 1 nitrogen and oxygen atoms in total. The summed E-state index contributed by atoms with van der Waals surface area (Å²) >= 11 is 16.4. The molecule has 1 aliphatic rings. The van der Waals surface area contributed by atoms with E-state index in [1.54, 1.807) is 0 Å². The number of alkyl halides is 1. The molecule has 3 rings (SSSR count). The average Bonchev–Trinajstić information content (AvgIpc) is 3.02. The molecule has 0 spiro atoms. The third-order valence-electron chi connectivity index (χ3n) is 4.31. The van der Waals surface area contributed by atoms with Crippen LogP contribution in [0, 0.1) is 11.3 Å². The molecule has 3 atom stereocenters. The zero-order valence-corrected chi connectivity index (χ0v) is 15.1. The third-order valence-corrected chi connectivity index (χ3v) is 5.45. The molecule has 0 aromatic heterocycles. The summed E-state index contributed by atoms with van der Waals surface area (Å²) in [5.41, 5.74) is 3.40. The van der Waals surface area contributed by atoms with Crippen molar-refractivity contribution in [2.24, 2.45) is 0 Å². The van der Waals surface area contributed by atoms with Crippen LogP contribution in [0.2, 0.25) is 5.02 Å². The maximum absolute atomic E-state index is 8.75.